The molecule has 2 aliphatic rings. The molecule has 0 radical (unpaired) electrons. The van der Waals surface area contributed by atoms with Gasteiger partial charge in [0.1, 0.15) is 11.5 Å². The summed E-state index contributed by atoms with van der Waals surface area (Å²) in [5.74, 6) is 1.67. The molecule has 1 atom stereocenters. The fraction of sp³-hybridized carbons (Fsp3) is 0.321. The second-order valence-corrected chi connectivity index (χ2v) is 10.7. The van der Waals surface area contributed by atoms with E-state index in [1.165, 1.54) is 24.2 Å². The van der Waals surface area contributed by atoms with Gasteiger partial charge in [0.05, 0.1) is 16.5 Å². The van der Waals surface area contributed by atoms with Crippen molar-refractivity contribution in [1.29, 1.82) is 0 Å². The summed E-state index contributed by atoms with van der Waals surface area (Å²) in [5.41, 5.74) is 2.04. The largest absolute Gasteiger partial charge is 0.493 e. The normalized spacial score (nSPS) is 15.6. The van der Waals surface area contributed by atoms with Crippen LogP contribution in [-0.2, 0) is 6.54 Å². The molecule has 1 saturated carbocycles. The third kappa shape index (κ3) is 6.14. The average Bonchev–Trinajstić information content (AvgIpc) is 3.53. The van der Waals surface area contributed by atoms with E-state index in [0.29, 0.717) is 46.1 Å². The average molecular weight is 538 g/mol. The first-order chi connectivity index (χ1) is 17.9. The van der Waals surface area contributed by atoms with Crippen molar-refractivity contribution in [1.82, 2.24) is 15.2 Å². The van der Waals surface area contributed by atoms with Crippen molar-refractivity contribution >= 4 is 40.8 Å². The minimum absolute atomic E-state index is 0.0255. The highest BCUT2D eigenvalue weighted by Gasteiger charge is 2.27. The molecule has 37 heavy (non-hydrogen) atoms. The zero-order chi connectivity index (χ0) is 25.9. The number of thiazole rings is 1. The number of nitrogens with zero attached hydrogens (tertiary/aromatic N) is 2. The summed E-state index contributed by atoms with van der Waals surface area (Å²) in [5, 5.41) is 3.88. The van der Waals surface area contributed by atoms with Crippen molar-refractivity contribution in [3.63, 3.8) is 0 Å². The molecule has 1 aromatic heterocycles. The van der Waals surface area contributed by atoms with E-state index in [2.05, 4.69) is 10.3 Å². The van der Waals surface area contributed by atoms with E-state index >= 15 is 0 Å². The molecule has 5 rings (SSSR count). The number of amides is 2. The third-order valence-corrected chi connectivity index (χ3v) is 7.46. The van der Waals surface area contributed by atoms with Crippen LogP contribution in [0.2, 0.25) is 5.02 Å². The van der Waals surface area contributed by atoms with Crippen molar-refractivity contribution in [2.24, 2.45) is 5.92 Å². The maximum Gasteiger partial charge on any atom is 0.279 e. The lowest BCUT2D eigenvalue weighted by atomic mass is 10.1. The van der Waals surface area contributed by atoms with E-state index in [1.807, 2.05) is 38.1 Å². The molecule has 1 aliphatic carbocycles. The van der Waals surface area contributed by atoms with Crippen molar-refractivity contribution < 1.29 is 19.1 Å². The van der Waals surface area contributed by atoms with Crippen LogP contribution in [0.3, 0.4) is 0 Å². The molecule has 0 unspecified atom stereocenters. The van der Waals surface area contributed by atoms with E-state index in [4.69, 9.17) is 21.1 Å². The number of carbonyl (C=O) groups is 2. The van der Waals surface area contributed by atoms with Crippen LogP contribution in [0.4, 0.5) is 0 Å². The molecular weight excluding hydrogens is 510 g/mol. The van der Waals surface area contributed by atoms with Gasteiger partial charge in [-0.2, -0.15) is 0 Å². The van der Waals surface area contributed by atoms with Crippen molar-refractivity contribution in [2.75, 3.05) is 13.2 Å². The van der Waals surface area contributed by atoms with Gasteiger partial charge in [0.25, 0.3) is 17.0 Å². The molecule has 2 heterocycles. The number of aromatic nitrogens is 1. The third-order valence-electron chi connectivity index (χ3n) is 6.33. The first kappa shape index (κ1) is 25.3. The minimum atomic E-state index is -0.229. The maximum absolute atomic E-state index is 12.7. The van der Waals surface area contributed by atoms with Crippen LogP contribution in [0.1, 0.15) is 57.8 Å². The number of carbonyl (C=O) groups excluding carboxylic acids is 2. The standard InChI is InChI=1S/C28H28ClN3O4S/c1-3-32-15-20-8-7-19(12-23(20)27(32)34)26(33)31-17(2)4-10-22-14-30-28(37-22)36-25-11-9-21(13-24(25)29)35-16-18-5-6-18/h4,7-14,17-18H,3,5-6,15-16H2,1-2H3,(H,31,33)/b10-4+/t17-/m0/s1. The van der Waals surface area contributed by atoms with Crippen LogP contribution in [0.25, 0.3) is 6.08 Å². The lowest BCUT2D eigenvalue weighted by molar-refractivity contribution is 0.0787. The maximum atomic E-state index is 12.7. The highest BCUT2D eigenvalue weighted by atomic mass is 35.5. The Kier molecular flexibility index (Phi) is 7.48. The second kappa shape index (κ2) is 10.9. The predicted octanol–water partition coefficient (Wildman–Crippen LogP) is 6.19. The summed E-state index contributed by atoms with van der Waals surface area (Å²) in [7, 11) is 0. The zero-order valence-corrected chi connectivity index (χ0v) is 22.3. The molecule has 3 aromatic rings. The van der Waals surface area contributed by atoms with Crippen molar-refractivity contribution in [3.05, 3.63) is 75.3 Å². The van der Waals surface area contributed by atoms with E-state index in [-0.39, 0.29) is 17.9 Å². The van der Waals surface area contributed by atoms with E-state index in [1.54, 1.807) is 35.4 Å². The summed E-state index contributed by atoms with van der Waals surface area (Å²) >= 11 is 7.74. The molecule has 1 fully saturated rings. The lowest BCUT2D eigenvalue weighted by Gasteiger charge is -2.11. The van der Waals surface area contributed by atoms with Crippen molar-refractivity contribution in [3.8, 4) is 16.7 Å². The van der Waals surface area contributed by atoms with Crippen LogP contribution in [0, 0.1) is 5.92 Å². The van der Waals surface area contributed by atoms with Gasteiger partial charge < -0.3 is 19.7 Å². The molecule has 1 N–H and O–H groups in total. The minimum Gasteiger partial charge on any atom is -0.493 e. The number of hydrogen-bond donors (Lipinski definition) is 1. The van der Waals surface area contributed by atoms with Crippen LogP contribution < -0.4 is 14.8 Å². The molecule has 9 heteroatoms. The van der Waals surface area contributed by atoms with Gasteiger partial charge in [-0.05, 0) is 68.5 Å². The first-order valence-electron chi connectivity index (χ1n) is 12.4. The van der Waals surface area contributed by atoms with Crippen LogP contribution in [0.15, 0.2) is 48.7 Å². The fourth-order valence-corrected chi connectivity index (χ4v) is 4.88. The number of hydrogen-bond acceptors (Lipinski definition) is 6. The van der Waals surface area contributed by atoms with Gasteiger partial charge in [-0.3, -0.25) is 9.59 Å². The SMILES string of the molecule is CCN1Cc2ccc(C(=O)N[C@@H](C)/C=C/c3cnc(Oc4ccc(OCC5CC5)cc4Cl)s3)cc2C1=O. The van der Waals surface area contributed by atoms with Gasteiger partial charge in [-0.1, -0.05) is 35.1 Å². The lowest BCUT2D eigenvalue weighted by Crippen LogP contribution is -2.31. The van der Waals surface area contributed by atoms with E-state index < -0.39 is 0 Å². The topological polar surface area (TPSA) is 80.8 Å². The Labute approximate surface area is 225 Å². The number of ether oxygens (including phenoxy) is 2. The molecular formula is C28H28ClN3O4S. The summed E-state index contributed by atoms with van der Waals surface area (Å²) in [6.45, 7) is 5.80. The van der Waals surface area contributed by atoms with E-state index in [9.17, 15) is 9.59 Å². The smallest absolute Gasteiger partial charge is 0.279 e. The number of fused-ring (bicyclic) bond motifs is 1. The van der Waals surface area contributed by atoms with Gasteiger partial charge >= 0.3 is 0 Å². The van der Waals surface area contributed by atoms with Crippen LogP contribution in [0.5, 0.6) is 16.7 Å². The Morgan fingerprint density at radius 1 is 1.30 bits per heavy atom. The second-order valence-electron chi connectivity index (χ2n) is 9.29. The fourth-order valence-electron chi connectivity index (χ4n) is 3.98. The number of nitrogens with one attached hydrogen (secondary N) is 1. The molecule has 192 valence electrons. The Balaban J connectivity index is 1.15. The monoisotopic (exact) mass is 537 g/mol. The number of halogens is 1. The summed E-state index contributed by atoms with van der Waals surface area (Å²) in [6, 6.07) is 10.5. The Morgan fingerprint density at radius 3 is 2.89 bits per heavy atom. The molecule has 7 nitrogen and oxygen atoms in total. The highest BCUT2D eigenvalue weighted by molar-refractivity contribution is 7.14. The van der Waals surface area contributed by atoms with Gasteiger partial charge in [-0.25, -0.2) is 4.98 Å². The Morgan fingerprint density at radius 2 is 2.14 bits per heavy atom. The first-order valence-corrected chi connectivity index (χ1v) is 13.6. The predicted molar refractivity (Wildman–Crippen MR) is 145 cm³/mol. The molecule has 0 spiro atoms. The summed E-state index contributed by atoms with van der Waals surface area (Å²) in [6.07, 6.45) is 7.94. The Bertz CT molecular complexity index is 1350. The molecule has 0 bridgehead atoms. The van der Waals surface area contributed by atoms with Gasteiger partial charge in [-0.15, -0.1) is 0 Å². The zero-order valence-electron chi connectivity index (χ0n) is 20.7. The molecule has 2 amide bonds. The van der Waals surface area contributed by atoms with Gasteiger partial charge in [0.2, 0.25) is 0 Å². The molecule has 0 saturated heterocycles. The molecule has 2 aromatic carbocycles. The highest BCUT2D eigenvalue weighted by Crippen LogP contribution is 2.35. The Hall–Kier alpha value is -3.36. The van der Waals surface area contributed by atoms with Gasteiger partial charge in [0, 0.05) is 42.5 Å². The quantitative estimate of drug-likeness (QED) is 0.334. The number of rotatable bonds is 10. The van der Waals surface area contributed by atoms with Crippen LogP contribution in [-0.4, -0.2) is 40.9 Å². The van der Waals surface area contributed by atoms with E-state index in [0.717, 1.165) is 22.8 Å². The number of benzene rings is 2. The summed E-state index contributed by atoms with van der Waals surface area (Å²) in [4.78, 5) is 32.1. The molecule has 1 aliphatic heterocycles. The summed E-state index contributed by atoms with van der Waals surface area (Å²) < 4.78 is 11.6. The van der Waals surface area contributed by atoms with Gasteiger partial charge in [0.15, 0.2) is 0 Å². The van der Waals surface area contributed by atoms with Crippen molar-refractivity contribution in [2.45, 2.75) is 39.3 Å². The van der Waals surface area contributed by atoms with Crippen LogP contribution >= 0.6 is 22.9 Å².